The minimum absolute atomic E-state index is 0.295. The van der Waals surface area contributed by atoms with E-state index in [4.69, 9.17) is 5.73 Å². The Hall–Kier alpha value is -0.960. The Bertz CT molecular complexity index is 372. The van der Waals surface area contributed by atoms with E-state index >= 15 is 0 Å². The maximum atomic E-state index is 13.4. The van der Waals surface area contributed by atoms with Crippen LogP contribution in [0.15, 0.2) is 12.1 Å². The molecule has 1 fully saturated rings. The number of aryl methyl sites for hydroxylation is 1. The summed E-state index contributed by atoms with van der Waals surface area (Å²) in [6.07, 6.45) is 3.19. The maximum Gasteiger partial charge on any atom is 0.130 e. The lowest BCUT2D eigenvalue weighted by Gasteiger charge is -2.13. The van der Waals surface area contributed by atoms with E-state index in [2.05, 4.69) is 0 Å². The predicted octanol–water partition coefficient (Wildman–Crippen LogP) is 3.07. The second kappa shape index (κ2) is 3.89. The van der Waals surface area contributed by atoms with Gasteiger partial charge in [-0.05, 0) is 30.9 Å². The summed E-state index contributed by atoms with van der Waals surface area (Å²) in [5.74, 6) is -0.383. The third kappa shape index (κ3) is 2.34. The van der Waals surface area contributed by atoms with Gasteiger partial charge in [-0.15, -0.1) is 0 Å². The largest absolute Gasteiger partial charge is 0.324 e. The SMILES string of the molecule is Cc1cc(C(N)CC2CC2)c(F)cc1F. The summed E-state index contributed by atoms with van der Waals surface area (Å²) >= 11 is 0. The average Bonchev–Trinajstić information content (AvgIpc) is 2.95. The van der Waals surface area contributed by atoms with Crippen molar-refractivity contribution >= 4 is 0 Å². The van der Waals surface area contributed by atoms with Gasteiger partial charge in [-0.3, -0.25) is 0 Å². The van der Waals surface area contributed by atoms with Gasteiger partial charge >= 0.3 is 0 Å². The lowest BCUT2D eigenvalue weighted by molar-refractivity contribution is 0.526. The highest BCUT2D eigenvalue weighted by Crippen LogP contribution is 2.37. The number of benzene rings is 1. The van der Waals surface area contributed by atoms with Crippen molar-refractivity contribution in [3.63, 3.8) is 0 Å². The van der Waals surface area contributed by atoms with Crippen LogP contribution in [0.3, 0.4) is 0 Å². The minimum atomic E-state index is -0.522. The molecule has 1 saturated carbocycles. The van der Waals surface area contributed by atoms with Crippen molar-refractivity contribution in [2.75, 3.05) is 0 Å². The zero-order valence-electron chi connectivity index (χ0n) is 8.76. The fourth-order valence-corrected chi connectivity index (χ4v) is 1.80. The first-order chi connectivity index (χ1) is 7.08. The molecule has 1 aromatic carbocycles. The normalized spacial score (nSPS) is 17.9. The Labute approximate surface area is 88.3 Å². The van der Waals surface area contributed by atoms with Crippen molar-refractivity contribution in [3.05, 3.63) is 34.9 Å². The molecule has 1 atom stereocenters. The highest BCUT2D eigenvalue weighted by molar-refractivity contribution is 5.28. The second-order valence-corrected chi connectivity index (χ2v) is 4.41. The van der Waals surface area contributed by atoms with Crippen molar-refractivity contribution < 1.29 is 8.78 Å². The zero-order chi connectivity index (χ0) is 11.0. The molecule has 1 aliphatic rings. The molecule has 0 bridgehead atoms. The standard InChI is InChI=1S/C12H15F2N/c1-7-4-9(11(14)6-10(7)13)12(15)5-8-2-3-8/h4,6,8,12H,2-3,5,15H2,1H3. The molecule has 2 N–H and O–H groups in total. The highest BCUT2D eigenvalue weighted by Gasteiger charge is 2.26. The molecule has 1 aliphatic carbocycles. The molecule has 0 heterocycles. The van der Waals surface area contributed by atoms with E-state index in [1.54, 1.807) is 6.92 Å². The van der Waals surface area contributed by atoms with Crippen LogP contribution < -0.4 is 5.73 Å². The average molecular weight is 211 g/mol. The van der Waals surface area contributed by atoms with Gasteiger partial charge in [0, 0.05) is 17.7 Å². The van der Waals surface area contributed by atoms with Crippen LogP contribution >= 0.6 is 0 Å². The van der Waals surface area contributed by atoms with Crippen molar-refractivity contribution in [1.29, 1.82) is 0 Å². The first-order valence-electron chi connectivity index (χ1n) is 5.29. The highest BCUT2D eigenvalue weighted by atomic mass is 19.1. The topological polar surface area (TPSA) is 26.0 Å². The van der Waals surface area contributed by atoms with Gasteiger partial charge < -0.3 is 5.73 Å². The summed E-state index contributed by atoms with van der Waals surface area (Å²) in [5, 5.41) is 0. The Morgan fingerprint density at radius 2 is 2.00 bits per heavy atom. The molecule has 15 heavy (non-hydrogen) atoms. The maximum absolute atomic E-state index is 13.4. The Morgan fingerprint density at radius 3 is 2.60 bits per heavy atom. The molecule has 0 spiro atoms. The molecular formula is C12H15F2N. The number of halogens is 2. The molecule has 0 saturated heterocycles. The first kappa shape index (κ1) is 10.6. The molecule has 0 aliphatic heterocycles. The second-order valence-electron chi connectivity index (χ2n) is 4.41. The predicted molar refractivity (Wildman–Crippen MR) is 55.4 cm³/mol. The monoisotopic (exact) mass is 211 g/mol. The summed E-state index contributed by atoms with van der Waals surface area (Å²) in [6.45, 7) is 1.63. The lowest BCUT2D eigenvalue weighted by Crippen LogP contribution is -2.13. The Kier molecular flexibility index (Phi) is 2.74. The van der Waals surface area contributed by atoms with E-state index in [1.165, 1.54) is 18.9 Å². The van der Waals surface area contributed by atoms with Gasteiger partial charge in [0.25, 0.3) is 0 Å². The first-order valence-corrected chi connectivity index (χ1v) is 5.29. The van der Waals surface area contributed by atoms with Crippen molar-refractivity contribution in [2.45, 2.75) is 32.2 Å². The van der Waals surface area contributed by atoms with Gasteiger partial charge in [0.05, 0.1) is 0 Å². The summed E-state index contributed by atoms with van der Waals surface area (Å²) in [6, 6.07) is 2.16. The molecule has 3 heteroatoms. The van der Waals surface area contributed by atoms with E-state index in [9.17, 15) is 8.78 Å². The van der Waals surface area contributed by atoms with E-state index in [0.717, 1.165) is 12.5 Å². The van der Waals surface area contributed by atoms with Gasteiger partial charge in [0.15, 0.2) is 0 Å². The van der Waals surface area contributed by atoms with Crippen LogP contribution in [0.25, 0.3) is 0 Å². The van der Waals surface area contributed by atoms with E-state index in [0.29, 0.717) is 17.0 Å². The van der Waals surface area contributed by atoms with Crippen LogP contribution in [-0.4, -0.2) is 0 Å². The molecule has 1 nitrogen and oxygen atoms in total. The summed E-state index contributed by atoms with van der Waals surface area (Å²) < 4.78 is 26.4. The van der Waals surface area contributed by atoms with Crippen LogP contribution in [0.2, 0.25) is 0 Å². The third-order valence-corrected chi connectivity index (χ3v) is 2.96. The lowest BCUT2D eigenvalue weighted by atomic mass is 9.99. The van der Waals surface area contributed by atoms with Crippen LogP contribution in [0.5, 0.6) is 0 Å². The molecular weight excluding hydrogens is 196 g/mol. The smallest absolute Gasteiger partial charge is 0.130 e. The summed E-state index contributed by atoms with van der Waals surface area (Å²) in [5.41, 5.74) is 6.79. The van der Waals surface area contributed by atoms with Crippen LogP contribution in [0.4, 0.5) is 8.78 Å². The quantitative estimate of drug-likeness (QED) is 0.817. The Morgan fingerprint density at radius 1 is 1.33 bits per heavy atom. The molecule has 1 aromatic rings. The zero-order valence-corrected chi connectivity index (χ0v) is 8.76. The third-order valence-electron chi connectivity index (χ3n) is 2.96. The molecule has 2 rings (SSSR count). The molecule has 0 radical (unpaired) electrons. The molecule has 82 valence electrons. The van der Waals surface area contributed by atoms with Gasteiger partial charge in [0.2, 0.25) is 0 Å². The van der Waals surface area contributed by atoms with Gasteiger partial charge in [0.1, 0.15) is 11.6 Å². The van der Waals surface area contributed by atoms with Gasteiger partial charge in [-0.25, -0.2) is 8.78 Å². The molecule has 0 aromatic heterocycles. The van der Waals surface area contributed by atoms with Crippen LogP contribution in [0.1, 0.15) is 36.4 Å². The van der Waals surface area contributed by atoms with E-state index in [-0.39, 0.29) is 6.04 Å². The number of hydrogen-bond donors (Lipinski definition) is 1. The minimum Gasteiger partial charge on any atom is -0.324 e. The van der Waals surface area contributed by atoms with Gasteiger partial charge in [-0.1, -0.05) is 12.8 Å². The van der Waals surface area contributed by atoms with E-state index in [1.807, 2.05) is 0 Å². The fraction of sp³-hybridized carbons (Fsp3) is 0.500. The number of rotatable bonds is 3. The van der Waals surface area contributed by atoms with Crippen molar-refractivity contribution in [3.8, 4) is 0 Å². The van der Waals surface area contributed by atoms with Crippen LogP contribution in [-0.2, 0) is 0 Å². The Balaban J connectivity index is 2.21. The van der Waals surface area contributed by atoms with Crippen LogP contribution in [0, 0.1) is 24.5 Å². The fourth-order valence-electron chi connectivity index (χ4n) is 1.80. The number of hydrogen-bond acceptors (Lipinski definition) is 1. The van der Waals surface area contributed by atoms with Gasteiger partial charge in [-0.2, -0.15) is 0 Å². The summed E-state index contributed by atoms with van der Waals surface area (Å²) in [7, 11) is 0. The summed E-state index contributed by atoms with van der Waals surface area (Å²) in [4.78, 5) is 0. The van der Waals surface area contributed by atoms with Crippen molar-refractivity contribution in [1.82, 2.24) is 0 Å². The molecule has 0 amide bonds. The molecule has 1 unspecified atom stereocenters. The van der Waals surface area contributed by atoms with E-state index < -0.39 is 11.6 Å². The van der Waals surface area contributed by atoms with Crippen molar-refractivity contribution in [2.24, 2.45) is 11.7 Å². The number of nitrogens with two attached hydrogens (primary N) is 1.